The Hall–Kier alpha value is -4.28. The lowest BCUT2D eigenvalue weighted by Crippen LogP contribution is -2.45. The van der Waals surface area contributed by atoms with Crippen LogP contribution in [0, 0.1) is 0 Å². The lowest BCUT2D eigenvalue weighted by atomic mass is 10.1. The van der Waals surface area contributed by atoms with Gasteiger partial charge in [-0.15, -0.1) is 5.10 Å². The number of amides is 2. The normalized spacial score (nSPS) is 22.7. The van der Waals surface area contributed by atoms with Crippen molar-refractivity contribution in [3.63, 3.8) is 0 Å². The Balaban J connectivity index is 1.06. The van der Waals surface area contributed by atoms with Gasteiger partial charge in [0.2, 0.25) is 0 Å². The number of fused-ring (bicyclic) bond motifs is 1. The Bertz CT molecular complexity index is 1320. The SMILES string of the molecule is O=C(Nc1ccc(Oc2ccccc2)cc1)N[C@H]1CO[C@H]2[C@@H]1OC[C@@H]2n1nnnc1-c1ccccc1. The number of benzene rings is 3. The van der Waals surface area contributed by atoms with Gasteiger partial charge in [0.1, 0.15) is 29.7 Å². The third kappa shape index (κ3) is 4.51. The van der Waals surface area contributed by atoms with Gasteiger partial charge in [0.05, 0.1) is 19.3 Å². The molecule has 2 fully saturated rings. The molecule has 2 amide bonds. The summed E-state index contributed by atoms with van der Waals surface area (Å²) in [6.45, 7) is 0.731. The third-order valence-electron chi connectivity index (χ3n) is 6.27. The average molecular weight is 485 g/mol. The number of urea groups is 1. The van der Waals surface area contributed by atoms with Crippen LogP contribution in [-0.2, 0) is 9.47 Å². The van der Waals surface area contributed by atoms with Crippen molar-refractivity contribution >= 4 is 11.7 Å². The van der Waals surface area contributed by atoms with E-state index in [4.69, 9.17) is 14.2 Å². The minimum absolute atomic E-state index is 0.188. The molecule has 0 bridgehead atoms. The van der Waals surface area contributed by atoms with Crippen molar-refractivity contribution < 1.29 is 19.0 Å². The Labute approximate surface area is 207 Å². The minimum Gasteiger partial charge on any atom is -0.457 e. The smallest absolute Gasteiger partial charge is 0.319 e. The number of hydrogen-bond donors (Lipinski definition) is 2. The highest BCUT2D eigenvalue weighted by atomic mass is 16.6. The molecule has 2 saturated heterocycles. The molecule has 3 heterocycles. The predicted molar refractivity (Wildman–Crippen MR) is 131 cm³/mol. The van der Waals surface area contributed by atoms with Crippen LogP contribution in [0.2, 0.25) is 0 Å². The first-order valence-electron chi connectivity index (χ1n) is 11.7. The van der Waals surface area contributed by atoms with E-state index in [0.29, 0.717) is 30.5 Å². The molecule has 0 unspecified atom stereocenters. The molecule has 0 saturated carbocycles. The van der Waals surface area contributed by atoms with E-state index in [-0.39, 0.29) is 30.3 Å². The van der Waals surface area contributed by atoms with Crippen molar-refractivity contribution in [1.82, 2.24) is 25.5 Å². The molecule has 0 radical (unpaired) electrons. The molecule has 0 aliphatic carbocycles. The van der Waals surface area contributed by atoms with E-state index >= 15 is 0 Å². The second-order valence-corrected chi connectivity index (χ2v) is 8.62. The van der Waals surface area contributed by atoms with Gasteiger partial charge in [0.15, 0.2) is 5.82 Å². The first-order valence-corrected chi connectivity index (χ1v) is 11.7. The summed E-state index contributed by atoms with van der Waals surface area (Å²) >= 11 is 0. The monoisotopic (exact) mass is 484 g/mol. The van der Waals surface area contributed by atoms with Gasteiger partial charge >= 0.3 is 6.03 Å². The van der Waals surface area contributed by atoms with Crippen LogP contribution in [-0.4, -0.2) is 57.7 Å². The number of carbonyl (C=O) groups is 1. The van der Waals surface area contributed by atoms with Crippen molar-refractivity contribution in [3.05, 3.63) is 84.9 Å². The first kappa shape index (κ1) is 22.2. The molecular formula is C26H24N6O4. The number of nitrogens with zero attached hydrogens (tertiary/aromatic N) is 4. The van der Waals surface area contributed by atoms with Gasteiger partial charge < -0.3 is 24.8 Å². The van der Waals surface area contributed by atoms with Crippen molar-refractivity contribution in [2.24, 2.45) is 0 Å². The maximum Gasteiger partial charge on any atom is 0.319 e. The maximum atomic E-state index is 12.7. The van der Waals surface area contributed by atoms with E-state index in [1.165, 1.54) is 0 Å². The molecule has 2 aliphatic rings. The highest BCUT2D eigenvalue weighted by molar-refractivity contribution is 5.89. The summed E-state index contributed by atoms with van der Waals surface area (Å²) in [5.41, 5.74) is 1.56. The lowest BCUT2D eigenvalue weighted by Gasteiger charge is -2.18. The van der Waals surface area contributed by atoms with Crippen LogP contribution in [0.25, 0.3) is 11.4 Å². The second kappa shape index (κ2) is 9.76. The molecule has 2 aliphatic heterocycles. The molecule has 10 nitrogen and oxygen atoms in total. The Morgan fingerprint density at radius 2 is 1.56 bits per heavy atom. The third-order valence-corrected chi connectivity index (χ3v) is 6.27. The van der Waals surface area contributed by atoms with E-state index in [9.17, 15) is 4.79 Å². The van der Waals surface area contributed by atoms with E-state index < -0.39 is 0 Å². The van der Waals surface area contributed by atoms with E-state index in [1.54, 1.807) is 28.9 Å². The van der Waals surface area contributed by atoms with E-state index in [1.807, 2.05) is 60.7 Å². The van der Waals surface area contributed by atoms with Crippen molar-refractivity contribution in [1.29, 1.82) is 0 Å². The van der Waals surface area contributed by atoms with Crippen LogP contribution in [0.15, 0.2) is 84.9 Å². The summed E-state index contributed by atoms with van der Waals surface area (Å²) in [6, 6.07) is 25.6. The summed E-state index contributed by atoms with van der Waals surface area (Å²) in [6.07, 6.45) is -0.564. The highest BCUT2D eigenvalue weighted by Crippen LogP contribution is 2.35. The van der Waals surface area contributed by atoms with Gasteiger partial charge in [0, 0.05) is 11.3 Å². The summed E-state index contributed by atoms with van der Waals surface area (Å²) in [7, 11) is 0. The number of nitrogens with one attached hydrogen (secondary N) is 2. The summed E-state index contributed by atoms with van der Waals surface area (Å²) in [5.74, 6) is 2.09. The highest BCUT2D eigenvalue weighted by Gasteiger charge is 2.50. The number of ether oxygens (including phenoxy) is 3. The molecule has 4 aromatic rings. The second-order valence-electron chi connectivity index (χ2n) is 8.62. The Kier molecular flexibility index (Phi) is 6.02. The quantitative estimate of drug-likeness (QED) is 0.429. The van der Waals surface area contributed by atoms with Gasteiger partial charge in [0.25, 0.3) is 0 Å². The predicted octanol–water partition coefficient (Wildman–Crippen LogP) is 3.66. The Morgan fingerprint density at radius 3 is 2.33 bits per heavy atom. The van der Waals surface area contributed by atoms with Gasteiger partial charge in [-0.25, -0.2) is 9.48 Å². The van der Waals surface area contributed by atoms with Crippen LogP contribution < -0.4 is 15.4 Å². The van der Waals surface area contributed by atoms with Crippen LogP contribution in [0.1, 0.15) is 6.04 Å². The molecule has 0 spiro atoms. The van der Waals surface area contributed by atoms with Gasteiger partial charge in [-0.1, -0.05) is 48.5 Å². The van der Waals surface area contributed by atoms with E-state index in [0.717, 1.165) is 11.3 Å². The summed E-state index contributed by atoms with van der Waals surface area (Å²) in [4.78, 5) is 12.7. The van der Waals surface area contributed by atoms with Crippen molar-refractivity contribution in [2.75, 3.05) is 18.5 Å². The van der Waals surface area contributed by atoms with Crippen LogP contribution >= 0.6 is 0 Å². The molecular weight excluding hydrogens is 460 g/mol. The fourth-order valence-corrected chi connectivity index (χ4v) is 4.57. The molecule has 1 aromatic heterocycles. The zero-order valence-electron chi connectivity index (χ0n) is 19.2. The zero-order chi connectivity index (χ0) is 24.3. The van der Waals surface area contributed by atoms with Gasteiger partial charge in [-0.3, -0.25) is 0 Å². The molecule has 36 heavy (non-hydrogen) atoms. The van der Waals surface area contributed by atoms with Crippen LogP contribution in [0.4, 0.5) is 10.5 Å². The molecule has 2 N–H and O–H groups in total. The van der Waals surface area contributed by atoms with Crippen LogP contribution in [0.3, 0.4) is 0 Å². The average Bonchev–Trinajstić information content (AvgIpc) is 3.64. The number of carbonyl (C=O) groups excluding carboxylic acids is 1. The fourth-order valence-electron chi connectivity index (χ4n) is 4.57. The van der Waals surface area contributed by atoms with Crippen molar-refractivity contribution in [3.8, 4) is 22.9 Å². The number of hydrogen-bond acceptors (Lipinski definition) is 7. The number of para-hydroxylation sites is 1. The first-order chi connectivity index (χ1) is 17.7. The standard InChI is InChI=1S/C26H24N6O4/c33-26(27-18-11-13-20(14-12-18)36-19-9-5-2-6-10-19)28-21-15-34-24-22(16-35-23(21)24)32-25(29-30-31-32)17-7-3-1-4-8-17/h1-14,21-24H,15-16H2,(H2,27,28,33)/t21-,22-,23+,24+/m0/s1. The summed E-state index contributed by atoms with van der Waals surface area (Å²) < 4.78 is 19.6. The minimum atomic E-state index is -0.333. The number of anilines is 1. The van der Waals surface area contributed by atoms with Crippen LogP contribution in [0.5, 0.6) is 11.5 Å². The maximum absolute atomic E-state index is 12.7. The number of aromatic nitrogens is 4. The van der Waals surface area contributed by atoms with Crippen molar-refractivity contribution in [2.45, 2.75) is 24.3 Å². The topological polar surface area (TPSA) is 112 Å². The fraction of sp³-hybridized carbons (Fsp3) is 0.231. The molecule has 3 aromatic carbocycles. The Morgan fingerprint density at radius 1 is 0.861 bits per heavy atom. The number of rotatable bonds is 6. The molecule has 10 heteroatoms. The molecule has 6 rings (SSSR count). The largest absolute Gasteiger partial charge is 0.457 e. The molecule has 182 valence electrons. The van der Waals surface area contributed by atoms with Gasteiger partial charge in [-0.2, -0.15) is 0 Å². The zero-order valence-corrected chi connectivity index (χ0v) is 19.2. The lowest BCUT2D eigenvalue weighted by molar-refractivity contribution is 0.0624. The van der Waals surface area contributed by atoms with E-state index in [2.05, 4.69) is 26.2 Å². The van der Waals surface area contributed by atoms with Gasteiger partial charge in [-0.05, 0) is 46.8 Å². The number of tetrazole rings is 1. The molecule has 4 atom stereocenters. The summed E-state index contributed by atoms with van der Waals surface area (Å²) in [5, 5.41) is 18.1.